The van der Waals surface area contributed by atoms with Gasteiger partial charge < -0.3 is 9.84 Å². The molecule has 1 rings (SSSR count). The number of rotatable bonds is 5. The van der Waals surface area contributed by atoms with Crippen LogP contribution in [-0.4, -0.2) is 28.6 Å². The molecule has 1 heterocycles. The van der Waals surface area contributed by atoms with E-state index >= 15 is 0 Å². The number of hydrogen-bond acceptors (Lipinski definition) is 4. The number of carboxylic acid groups (broad SMARTS) is 1. The molecule has 0 saturated heterocycles. The summed E-state index contributed by atoms with van der Waals surface area (Å²) < 4.78 is 4.83. The maximum absolute atomic E-state index is 11.8. The summed E-state index contributed by atoms with van der Waals surface area (Å²) in [6, 6.07) is 3.59. The lowest BCUT2D eigenvalue weighted by Crippen LogP contribution is -2.40. The second-order valence-electron chi connectivity index (χ2n) is 4.30. The number of aryl methyl sites for hydroxylation is 1. The molecular formula is C13H17NO4. The molecular weight excluding hydrogens is 234 g/mol. The zero-order valence-corrected chi connectivity index (χ0v) is 10.8. The van der Waals surface area contributed by atoms with Crippen molar-refractivity contribution in [3.05, 3.63) is 29.6 Å². The Hall–Kier alpha value is -1.91. The summed E-state index contributed by atoms with van der Waals surface area (Å²) in [5.74, 6) is -1.94. The molecule has 5 nitrogen and oxygen atoms in total. The Morgan fingerprint density at radius 3 is 2.67 bits per heavy atom. The number of hydrogen-bond donors (Lipinski definition) is 1. The standard InChI is InChI=1S/C13H17NO4/c1-4-18-12(17)13(3,11(15)16)8-10-9(2)6-5-7-14-10/h5-7H,4,8H2,1-3H3,(H,15,16). The first-order valence-electron chi connectivity index (χ1n) is 5.73. The van der Waals surface area contributed by atoms with Crippen LogP contribution < -0.4 is 0 Å². The van der Waals surface area contributed by atoms with Crippen molar-refractivity contribution >= 4 is 11.9 Å². The highest BCUT2D eigenvalue weighted by molar-refractivity contribution is 5.98. The quantitative estimate of drug-likeness (QED) is 0.635. The number of pyridine rings is 1. The maximum Gasteiger partial charge on any atom is 0.323 e. The fourth-order valence-corrected chi connectivity index (χ4v) is 1.56. The Morgan fingerprint density at radius 2 is 2.17 bits per heavy atom. The molecule has 1 atom stereocenters. The van der Waals surface area contributed by atoms with Crippen molar-refractivity contribution in [3.63, 3.8) is 0 Å². The van der Waals surface area contributed by atoms with E-state index in [0.29, 0.717) is 5.69 Å². The number of esters is 1. The van der Waals surface area contributed by atoms with Crippen LogP contribution in [0.4, 0.5) is 0 Å². The fraction of sp³-hybridized carbons (Fsp3) is 0.462. The molecule has 1 aromatic rings. The molecule has 0 aliphatic rings. The molecule has 5 heteroatoms. The molecule has 0 aliphatic carbocycles. The third kappa shape index (κ3) is 2.85. The highest BCUT2D eigenvalue weighted by atomic mass is 16.5. The van der Waals surface area contributed by atoms with Gasteiger partial charge in [-0.15, -0.1) is 0 Å². The van der Waals surface area contributed by atoms with Crippen LogP contribution in [-0.2, 0) is 20.7 Å². The van der Waals surface area contributed by atoms with Gasteiger partial charge in [0.25, 0.3) is 0 Å². The summed E-state index contributed by atoms with van der Waals surface area (Å²) in [4.78, 5) is 27.2. The minimum Gasteiger partial charge on any atom is -0.480 e. The van der Waals surface area contributed by atoms with Crippen molar-refractivity contribution in [2.45, 2.75) is 27.2 Å². The van der Waals surface area contributed by atoms with E-state index < -0.39 is 17.4 Å². The van der Waals surface area contributed by atoms with Crippen molar-refractivity contribution in [2.75, 3.05) is 6.61 Å². The average Bonchev–Trinajstić information content (AvgIpc) is 2.32. The molecule has 0 bridgehead atoms. The van der Waals surface area contributed by atoms with Crippen LogP contribution in [0.2, 0.25) is 0 Å². The maximum atomic E-state index is 11.8. The van der Waals surface area contributed by atoms with E-state index in [4.69, 9.17) is 4.74 Å². The van der Waals surface area contributed by atoms with E-state index in [1.54, 1.807) is 19.2 Å². The second kappa shape index (κ2) is 5.62. The van der Waals surface area contributed by atoms with Gasteiger partial charge in [0.15, 0.2) is 5.41 Å². The molecule has 0 amide bonds. The van der Waals surface area contributed by atoms with E-state index in [-0.39, 0.29) is 13.0 Å². The largest absolute Gasteiger partial charge is 0.480 e. The second-order valence-corrected chi connectivity index (χ2v) is 4.30. The van der Waals surface area contributed by atoms with Gasteiger partial charge in [-0.3, -0.25) is 14.6 Å². The Balaban J connectivity index is 3.04. The van der Waals surface area contributed by atoms with Gasteiger partial charge in [0.1, 0.15) is 0 Å². The lowest BCUT2D eigenvalue weighted by molar-refractivity contribution is -0.167. The SMILES string of the molecule is CCOC(=O)C(C)(Cc1ncccc1C)C(=O)O. The van der Waals surface area contributed by atoms with Gasteiger partial charge in [-0.25, -0.2) is 0 Å². The number of nitrogens with zero attached hydrogens (tertiary/aromatic N) is 1. The highest BCUT2D eigenvalue weighted by Gasteiger charge is 2.43. The zero-order chi connectivity index (χ0) is 13.8. The van der Waals surface area contributed by atoms with Gasteiger partial charge >= 0.3 is 11.9 Å². The van der Waals surface area contributed by atoms with Crippen LogP contribution in [0.15, 0.2) is 18.3 Å². The molecule has 0 aromatic carbocycles. The van der Waals surface area contributed by atoms with Gasteiger partial charge in [0, 0.05) is 18.3 Å². The van der Waals surface area contributed by atoms with Crippen molar-refractivity contribution in [2.24, 2.45) is 5.41 Å². The Labute approximate surface area is 106 Å². The predicted molar refractivity (Wildman–Crippen MR) is 65.1 cm³/mol. The predicted octanol–water partition coefficient (Wildman–Crippen LogP) is 1.59. The molecule has 1 aromatic heterocycles. The number of aliphatic carboxylic acids is 1. The number of carbonyl (C=O) groups is 2. The van der Waals surface area contributed by atoms with E-state index in [2.05, 4.69) is 4.98 Å². The summed E-state index contributed by atoms with van der Waals surface area (Å²) in [6.07, 6.45) is 1.60. The molecule has 0 aliphatic heterocycles. The third-order valence-corrected chi connectivity index (χ3v) is 2.84. The van der Waals surface area contributed by atoms with Gasteiger partial charge in [-0.05, 0) is 32.4 Å². The lowest BCUT2D eigenvalue weighted by Gasteiger charge is -2.22. The minimum absolute atomic E-state index is 0.0217. The topological polar surface area (TPSA) is 76.5 Å². The van der Waals surface area contributed by atoms with Crippen molar-refractivity contribution < 1.29 is 19.4 Å². The van der Waals surface area contributed by atoms with Crippen LogP contribution in [0, 0.1) is 12.3 Å². The molecule has 0 radical (unpaired) electrons. The molecule has 0 fully saturated rings. The van der Waals surface area contributed by atoms with Crippen molar-refractivity contribution in [1.82, 2.24) is 4.98 Å². The van der Waals surface area contributed by atoms with Gasteiger partial charge in [0.05, 0.1) is 6.61 Å². The first kappa shape index (κ1) is 14.2. The first-order chi connectivity index (χ1) is 8.41. The zero-order valence-electron chi connectivity index (χ0n) is 10.8. The van der Waals surface area contributed by atoms with Crippen LogP contribution in [0.1, 0.15) is 25.1 Å². The van der Waals surface area contributed by atoms with E-state index in [0.717, 1.165) is 5.56 Å². The van der Waals surface area contributed by atoms with Crippen molar-refractivity contribution in [3.8, 4) is 0 Å². The Bertz CT molecular complexity index is 458. The highest BCUT2D eigenvalue weighted by Crippen LogP contribution is 2.25. The summed E-state index contributed by atoms with van der Waals surface area (Å²) >= 11 is 0. The molecule has 0 spiro atoms. The lowest BCUT2D eigenvalue weighted by atomic mass is 9.84. The summed E-state index contributed by atoms with van der Waals surface area (Å²) in [7, 11) is 0. The number of carboxylic acids is 1. The molecule has 98 valence electrons. The number of ether oxygens (including phenoxy) is 1. The minimum atomic E-state index is -1.60. The molecule has 1 unspecified atom stereocenters. The number of aromatic nitrogens is 1. The monoisotopic (exact) mass is 251 g/mol. The Kier molecular flexibility index (Phi) is 4.42. The van der Waals surface area contributed by atoms with E-state index in [9.17, 15) is 14.7 Å². The van der Waals surface area contributed by atoms with Crippen molar-refractivity contribution in [1.29, 1.82) is 0 Å². The van der Waals surface area contributed by atoms with E-state index in [1.807, 2.05) is 13.0 Å². The molecule has 1 N–H and O–H groups in total. The summed E-state index contributed by atoms with van der Waals surface area (Å²) in [5, 5.41) is 9.25. The molecule has 18 heavy (non-hydrogen) atoms. The van der Waals surface area contributed by atoms with Crippen LogP contribution in [0.3, 0.4) is 0 Å². The van der Waals surface area contributed by atoms with Crippen LogP contribution >= 0.6 is 0 Å². The van der Waals surface area contributed by atoms with Gasteiger partial charge in [0.2, 0.25) is 0 Å². The summed E-state index contributed by atoms with van der Waals surface area (Å²) in [5.41, 5.74) is -0.153. The summed E-state index contributed by atoms with van der Waals surface area (Å²) in [6.45, 7) is 4.99. The van der Waals surface area contributed by atoms with Crippen LogP contribution in [0.25, 0.3) is 0 Å². The average molecular weight is 251 g/mol. The normalized spacial score (nSPS) is 13.7. The first-order valence-corrected chi connectivity index (χ1v) is 5.73. The van der Waals surface area contributed by atoms with Gasteiger partial charge in [-0.2, -0.15) is 0 Å². The number of carbonyl (C=O) groups excluding carboxylic acids is 1. The Morgan fingerprint density at radius 1 is 1.50 bits per heavy atom. The van der Waals surface area contributed by atoms with Crippen LogP contribution in [0.5, 0.6) is 0 Å². The fourth-order valence-electron chi connectivity index (χ4n) is 1.56. The smallest absolute Gasteiger partial charge is 0.323 e. The third-order valence-electron chi connectivity index (χ3n) is 2.84. The van der Waals surface area contributed by atoms with E-state index in [1.165, 1.54) is 6.92 Å². The molecule has 0 saturated carbocycles. The van der Waals surface area contributed by atoms with Gasteiger partial charge in [-0.1, -0.05) is 6.07 Å².